The number of hydrogen-bond donors (Lipinski definition) is 2. The summed E-state index contributed by atoms with van der Waals surface area (Å²) in [6.45, 7) is 0.488. The highest BCUT2D eigenvalue weighted by Crippen LogP contribution is 2.25. The Kier molecular flexibility index (Phi) is 2.50. The number of phenols is 1. The summed E-state index contributed by atoms with van der Waals surface area (Å²) in [5.41, 5.74) is 8.30. The number of nitrogens with zero attached hydrogens (tertiary/aromatic N) is 2. The predicted octanol–water partition coefficient (Wildman–Crippen LogP) is 2.19. The zero-order chi connectivity index (χ0) is 12.5. The third-order valence-electron chi connectivity index (χ3n) is 2.98. The molecular weight excluding hydrogens is 226 g/mol. The zero-order valence-corrected chi connectivity index (χ0v) is 9.74. The highest BCUT2D eigenvalue weighted by atomic mass is 16.3. The number of rotatable bonds is 2. The highest BCUT2D eigenvalue weighted by molar-refractivity contribution is 5.81. The molecular formula is C14H13N3O. The summed E-state index contributed by atoms with van der Waals surface area (Å²) in [7, 11) is 0. The quantitative estimate of drug-likeness (QED) is 0.720. The summed E-state index contributed by atoms with van der Waals surface area (Å²) in [6.07, 6.45) is 1.78. The molecule has 1 heterocycles. The molecule has 3 rings (SSSR count). The van der Waals surface area contributed by atoms with Crippen molar-refractivity contribution in [1.82, 2.24) is 9.78 Å². The van der Waals surface area contributed by atoms with E-state index >= 15 is 0 Å². The second-order valence-electron chi connectivity index (χ2n) is 4.14. The Bertz CT molecular complexity index is 703. The number of nitrogens with two attached hydrogens (primary N) is 1. The minimum atomic E-state index is 0.209. The number of benzene rings is 2. The molecule has 0 unspecified atom stereocenters. The molecule has 0 aliphatic carbocycles. The van der Waals surface area contributed by atoms with E-state index in [1.54, 1.807) is 23.0 Å². The van der Waals surface area contributed by atoms with Gasteiger partial charge in [0.15, 0.2) is 0 Å². The van der Waals surface area contributed by atoms with Crippen LogP contribution in [0.25, 0.3) is 16.6 Å². The van der Waals surface area contributed by atoms with Gasteiger partial charge in [-0.2, -0.15) is 5.10 Å². The summed E-state index contributed by atoms with van der Waals surface area (Å²) in [5, 5.41) is 15.2. The van der Waals surface area contributed by atoms with Gasteiger partial charge in [-0.3, -0.25) is 0 Å². The molecule has 0 saturated carbocycles. The van der Waals surface area contributed by atoms with Crippen LogP contribution in [0.5, 0.6) is 5.75 Å². The van der Waals surface area contributed by atoms with Gasteiger partial charge in [-0.15, -0.1) is 0 Å². The number of fused-ring (bicyclic) bond motifs is 1. The SMILES string of the molecule is NCc1ccc2cnn(-c3ccccc3O)c2c1. The van der Waals surface area contributed by atoms with Crippen molar-refractivity contribution in [3.63, 3.8) is 0 Å². The van der Waals surface area contributed by atoms with Gasteiger partial charge >= 0.3 is 0 Å². The third-order valence-corrected chi connectivity index (χ3v) is 2.98. The number of hydrogen-bond acceptors (Lipinski definition) is 3. The Morgan fingerprint density at radius 2 is 2.00 bits per heavy atom. The molecule has 90 valence electrons. The highest BCUT2D eigenvalue weighted by Gasteiger charge is 2.08. The summed E-state index contributed by atoms with van der Waals surface area (Å²) >= 11 is 0. The van der Waals surface area contributed by atoms with Crippen LogP contribution in [0.15, 0.2) is 48.7 Å². The minimum Gasteiger partial charge on any atom is -0.506 e. The number of para-hydroxylation sites is 2. The normalized spacial score (nSPS) is 10.9. The standard InChI is InChI=1S/C14H13N3O/c15-8-10-5-6-11-9-16-17(13(11)7-10)12-3-1-2-4-14(12)18/h1-7,9,18H,8,15H2. The van der Waals surface area contributed by atoms with E-state index in [2.05, 4.69) is 5.10 Å². The van der Waals surface area contributed by atoms with Crippen molar-refractivity contribution in [2.75, 3.05) is 0 Å². The van der Waals surface area contributed by atoms with Gasteiger partial charge in [0.05, 0.1) is 11.7 Å². The Balaban J connectivity index is 2.26. The largest absolute Gasteiger partial charge is 0.506 e. The second kappa shape index (κ2) is 4.16. The molecule has 4 nitrogen and oxygen atoms in total. The van der Waals surface area contributed by atoms with Crippen LogP contribution in [0, 0.1) is 0 Å². The average molecular weight is 239 g/mol. The molecule has 1 aromatic heterocycles. The summed E-state index contributed by atoms with van der Waals surface area (Å²) in [5.74, 6) is 0.209. The van der Waals surface area contributed by atoms with Crippen molar-refractivity contribution in [2.24, 2.45) is 5.73 Å². The van der Waals surface area contributed by atoms with Gasteiger partial charge < -0.3 is 10.8 Å². The van der Waals surface area contributed by atoms with Crippen molar-refractivity contribution in [3.8, 4) is 11.4 Å². The third kappa shape index (κ3) is 1.63. The molecule has 0 spiro atoms. The lowest BCUT2D eigenvalue weighted by atomic mass is 10.1. The van der Waals surface area contributed by atoms with Gasteiger partial charge in [-0.25, -0.2) is 4.68 Å². The van der Waals surface area contributed by atoms with Crippen LogP contribution in [0.3, 0.4) is 0 Å². The lowest BCUT2D eigenvalue weighted by molar-refractivity contribution is 0.471. The van der Waals surface area contributed by atoms with E-state index in [4.69, 9.17) is 5.73 Å². The van der Waals surface area contributed by atoms with Crippen LogP contribution in [0.4, 0.5) is 0 Å². The predicted molar refractivity (Wildman–Crippen MR) is 70.6 cm³/mol. The van der Waals surface area contributed by atoms with E-state index in [-0.39, 0.29) is 5.75 Å². The Morgan fingerprint density at radius 1 is 1.17 bits per heavy atom. The molecule has 0 bridgehead atoms. The first-order chi connectivity index (χ1) is 8.79. The fraction of sp³-hybridized carbons (Fsp3) is 0.0714. The number of phenolic OH excluding ortho intramolecular Hbond substituents is 1. The molecule has 0 atom stereocenters. The van der Waals surface area contributed by atoms with Gasteiger partial charge in [-0.1, -0.05) is 24.3 Å². The molecule has 0 amide bonds. The first-order valence-electron chi connectivity index (χ1n) is 5.74. The van der Waals surface area contributed by atoms with Gasteiger partial charge in [0.2, 0.25) is 0 Å². The zero-order valence-electron chi connectivity index (χ0n) is 9.74. The van der Waals surface area contributed by atoms with Crippen molar-refractivity contribution in [1.29, 1.82) is 0 Å². The second-order valence-corrected chi connectivity index (χ2v) is 4.14. The first-order valence-corrected chi connectivity index (χ1v) is 5.74. The minimum absolute atomic E-state index is 0.209. The average Bonchev–Trinajstić information content (AvgIpc) is 2.82. The van der Waals surface area contributed by atoms with E-state index in [1.807, 2.05) is 30.3 Å². The van der Waals surface area contributed by atoms with Crippen molar-refractivity contribution in [3.05, 3.63) is 54.2 Å². The molecule has 4 heteroatoms. The molecule has 0 aliphatic rings. The maximum Gasteiger partial charge on any atom is 0.141 e. The van der Waals surface area contributed by atoms with Crippen LogP contribution in [0.1, 0.15) is 5.56 Å². The van der Waals surface area contributed by atoms with Crippen LogP contribution in [0.2, 0.25) is 0 Å². The molecule has 0 saturated heterocycles. The summed E-state index contributed by atoms with van der Waals surface area (Å²) < 4.78 is 1.73. The van der Waals surface area contributed by atoms with E-state index < -0.39 is 0 Å². The van der Waals surface area contributed by atoms with Crippen LogP contribution < -0.4 is 5.73 Å². The molecule has 0 radical (unpaired) electrons. The molecule has 3 N–H and O–H groups in total. The number of aromatic nitrogens is 2. The Hall–Kier alpha value is -2.33. The molecule has 3 aromatic rings. The van der Waals surface area contributed by atoms with Crippen LogP contribution >= 0.6 is 0 Å². The van der Waals surface area contributed by atoms with E-state index in [0.29, 0.717) is 12.2 Å². The van der Waals surface area contributed by atoms with Crippen molar-refractivity contribution >= 4 is 10.9 Å². The number of aromatic hydroxyl groups is 1. The van der Waals surface area contributed by atoms with Gasteiger partial charge in [0.1, 0.15) is 11.4 Å². The fourth-order valence-corrected chi connectivity index (χ4v) is 2.03. The molecule has 2 aromatic carbocycles. The summed E-state index contributed by atoms with van der Waals surface area (Å²) in [6, 6.07) is 13.1. The summed E-state index contributed by atoms with van der Waals surface area (Å²) in [4.78, 5) is 0. The molecule has 0 fully saturated rings. The van der Waals surface area contributed by atoms with Crippen LogP contribution in [-0.2, 0) is 6.54 Å². The van der Waals surface area contributed by atoms with Gasteiger partial charge in [-0.05, 0) is 23.8 Å². The lowest BCUT2D eigenvalue weighted by Gasteiger charge is -2.06. The lowest BCUT2D eigenvalue weighted by Crippen LogP contribution is -1.99. The molecule has 0 aliphatic heterocycles. The maximum absolute atomic E-state index is 9.88. The van der Waals surface area contributed by atoms with Gasteiger partial charge in [0.25, 0.3) is 0 Å². The fourth-order valence-electron chi connectivity index (χ4n) is 2.03. The molecule has 18 heavy (non-hydrogen) atoms. The van der Waals surface area contributed by atoms with Crippen molar-refractivity contribution in [2.45, 2.75) is 6.54 Å². The Morgan fingerprint density at radius 3 is 2.78 bits per heavy atom. The smallest absolute Gasteiger partial charge is 0.141 e. The van der Waals surface area contributed by atoms with Crippen molar-refractivity contribution < 1.29 is 5.11 Å². The first kappa shape index (κ1) is 10.8. The van der Waals surface area contributed by atoms with Gasteiger partial charge in [0, 0.05) is 11.9 Å². The monoisotopic (exact) mass is 239 g/mol. The van der Waals surface area contributed by atoms with Crippen LogP contribution in [-0.4, -0.2) is 14.9 Å². The Labute approximate surface area is 104 Å². The topological polar surface area (TPSA) is 64.1 Å². The van der Waals surface area contributed by atoms with E-state index in [1.165, 1.54) is 0 Å². The van der Waals surface area contributed by atoms with E-state index in [9.17, 15) is 5.11 Å². The van der Waals surface area contributed by atoms with E-state index in [0.717, 1.165) is 16.5 Å². The maximum atomic E-state index is 9.88.